The van der Waals surface area contributed by atoms with E-state index in [0.717, 1.165) is 0 Å². The topological polar surface area (TPSA) is 65.0 Å². The molecule has 0 N–H and O–H groups in total. The normalized spacial score (nSPS) is 27.2. The Bertz CT molecular complexity index is 454. The molecule has 1 saturated carbocycles. The summed E-state index contributed by atoms with van der Waals surface area (Å²) in [4.78, 5) is 28.8. The molecule has 0 spiro atoms. The Morgan fingerprint density at radius 3 is 2.21 bits per heavy atom. The van der Waals surface area contributed by atoms with Crippen molar-refractivity contribution < 1.29 is 19.1 Å². The van der Waals surface area contributed by atoms with Gasteiger partial charge in [0.05, 0.1) is 7.11 Å². The van der Waals surface area contributed by atoms with Crippen LogP contribution in [0.3, 0.4) is 0 Å². The number of ether oxygens (including phenoxy) is 2. The Hall–Kier alpha value is -1.65. The van der Waals surface area contributed by atoms with Gasteiger partial charge in [0.25, 0.3) is 0 Å². The van der Waals surface area contributed by atoms with Crippen molar-refractivity contribution in [3.8, 4) is 0 Å². The molecule has 5 heteroatoms. The number of carbonyl (C=O) groups excluding carboxylic acids is 2. The zero-order valence-corrected chi connectivity index (χ0v) is 11.7. The quantitative estimate of drug-likeness (QED) is 0.728. The van der Waals surface area contributed by atoms with Gasteiger partial charge in [0.2, 0.25) is 0 Å². The van der Waals surface area contributed by atoms with E-state index in [-0.39, 0.29) is 0 Å². The van der Waals surface area contributed by atoms with Crippen LogP contribution in [0.2, 0.25) is 0 Å². The fourth-order valence-corrected chi connectivity index (χ4v) is 2.40. The summed E-state index contributed by atoms with van der Waals surface area (Å²) in [5.41, 5.74) is -2.77. The average molecular weight is 265 g/mol. The minimum Gasteiger partial charge on any atom is -0.468 e. The molecule has 1 aliphatic heterocycles. The first-order valence-electron chi connectivity index (χ1n) is 6.32. The molecule has 0 bridgehead atoms. The Morgan fingerprint density at radius 1 is 1.21 bits per heavy atom. The van der Waals surface area contributed by atoms with Crippen LogP contribution in [-0.2, 0) is 19.1 Å². The molecule has 0 aromatic carbocycles. The van der Waals surface area contributed by atoms with Crippen molar-refractivity contribution in [2.75, 3.05) is 7.11 Å². The van der Waals surface area contributed by atoms with Gasteiger partial charge in [-0.15, -0.1) is 0 Å². The number of allylic oxidation sites excluding steroid dienone is 1. The van der Waals surface area contributed by atoms with Crippen LogP contribution in [0.1, 0.15) is 33.6 Å². The lowest BCUT2D eigenvalue weighted by Gasteiger charge is -2.32. The van der Waals surface area contributed by atoms with Crippen molar-refractivity contribution in [2.45, 2.75) is 44.8 Å². The molecule has 1 aliphatic carbocycles. The second kappa shape index (κ2) is 4.18. The third-order valence-corrected chi connectivity index (χ3v) is 3.47. The first kappa shape index (κ1) is 13.8. The molecule has 0 aromatic rings. The summed E-state index contributed by atoms with van der Waals surface area (Å²) < 4.78 is 10.3. The maximum atomic E-state index is 12.5. The molecule has 5 nitrogen and oxygen atoms in total. The third kappa shape index (κ3) is 2.07. The van der Waals surface area contributed by atoms with E-state index in [2.05, 4.69) is 4.99 Å². The van der Waals surface area contributed by atoms with Crippen molar-refractivity contribution in [3.63, 3.8) is 0 Å². The molecule has 1 heterocycles. The van der Waals surface area contributed by atoms with E-state index in [1.54, 1.807) is 32.9 Å². The third-order valence-electron chi connectivity index (χ3n) is 3.47. The SMILES string of the molecule is COC(=O)C1(C2(C(=O)OC(C)(C)C)C=CC=N2)CC1. The molecule has 0 saturated heterocycles. The highest BCUT2D eigenvalue weighted by Gasteiger charge is 2.69. The summed E-state index contributed by atoms with van der Waals surface area (Å²) in [5.74, 6) is -0.894. The molecule has 19 heavy (non-hydrogen) atoms. The zero-order valence-electron chi connectivity index (χ0n) is 11.7. The van der Waals surface area contributed by atoms with E-state index in [1.165, 1.54) is 13.3 Å². The van der Waals surface area contributed by atoms with E-state index >= 15 is 0 Å². The maximum Gasteiger partial charge on any atom is 0.339 e. The molecule has 1 fully saturated rings. The number of carbonyl (C=O) groups is 2. The van der Waals surface area contributed by atoms with Crippen LogP contribution in [0.4, 0.5) is 0 Å². The first-order chi connectivity index (χ1) is 8.77. The van der Waals surface area contributed by atoms with Gasteiger partial charge in [0.15, 0.2) is 5.54 Å². The molecule has 1 unspecified atom stereocenters. The molecule has 2 aliphatic rings. The number of nitrogens with zero attached hydrogens (tertiary/aromatic N) is 1. The number of aliphatic imine (C=N–C) groups is 1. The Balaban J connectivity index is 2.36. The molecule has 0 aromatic heterocycles. The van der Waals surface area contributed by atoms with Crippen LogP contribution >= 0.6 is 0 Å². The Labute approximate surface area is 112 Å². The second-order valence-corrected chi connectivity index (χ2v) is 5.98. The van der Waals surface area contributed by atoms with Crippen LogP contribution in [0.5, 0.6) is 0 Å². The fraction of sp³-hybridized carbons (Fsp3) is 0.643. The van der Waals surface area contributed by atoms with Crippen molar-refractivity contribution in [3.05, 3.63) is 12.2 Å². The summed E-state index contributed by atoms with van der Waals surface area (Å²) in [7, 11) is 1.33. The molecule has 1 atom stereocenters. The number of esters is 2. The van der Waals surface area contributed by atoms with Gasteiger partial charge in [0.1, 0.15) is 11.0 Å². The summed E-state index contributed by atoms with van der Waals surface area (Å²) in [6, 6.07) is 0. The minimum absolute atomic E-state index is 0.401. The first-order valence-corrected chi connectivity index (χ1v) is 6.32. The van der Waals surface area contributed by atoms with Crippen LogP contribution in [0.25, 0.3) is 0 Å². The van der Waals surface area contributed by atoms with Crippen molar-refractivity contribution in [1.29, 1.82) is 0 Å². The van der Waals surface area contributed by atoms with Gasteiger partial charge in [-0.1, -0.05) is 0 Å². The zero-order chi connectivity index (χ0) is 14.3. The largest absolute Gasteiger partial charge is 0.468 e. The van der Waals surface area contributed by atoms with E-state index in [9.17, 15) is 9.59 Å². The maximum absolute atomic E-state index is 12.5. The number of hydrogen-bond donors (Lipinski definition) is 0. The van der Waals surface area contributed by atoms with Crippen molar-refractivity contribution in [2.24, 2.45) is 10.4 Å². The van der Waals surface area contributed by atoms with Gasteiger partial charge in [0, 0.05) is 6.21 Å². The van der Waals surface area contributed by atoms with E-state index < -0.39 is 28.5 Å². The highest BCUT2D eigenvalue weighted by atomic mass is 16.6. The molecule has 104 valence electrons. The molecule has 0 amide bonds. The number of hydrogen-bond acceptors (Lipinski definition) is 5. The van der Waals surface area contributed by atoms with Gasteiger partial charge in [-0.3, -0.25) is 9.79 Å². The summed E-state index contributed by atoms with van der Waals surface area (Å²) in [6.45, 7) is 5.37. The summed E-state index contributed by atoms with van der Waals surface area (Å²) in [5, 5.41) is 0. The standard InChI is InChI=1S/C14H19NO4/c1-12(2,3)19-11(17)14(6-5-9-15-14)13(7-8-13)10(16)18-4/h5-6,9H,7-8H2,1-4H3. The monoisotopic (exact) mass is 265 g/mol. The van der Waals surface area contributed by atoms with E-state index in [1.807, 2.05) is 0 Å². The Kier molecular flexibility index (Phi) is 3.03. The lowest BCUT2D eigenvalue weighted by Crippen LogP contribution is -2.50. The van der Waals surface area contributed by atoms with Crippen LogP contribution < -0.4 is 0 Å². The predicted molar refractivity (Wildman–Crippen MR) is 69.9 cm³/mol. The van der Waals surface area contributed by atoms with Gasteiger partial charge >= 0.3 is 11.9 Å². The van der Waals surface area contributed by atoms with Gasteiger partial charge in [-0.25, -0.2) is 4.79 Å². The minimum atomic E-state index is -1.26. The van der Waals surface area contributed by atoms with Gasteiger partial charge in [-0.2, -0.15) is 0 Å². The van der Waals surface area contributed by atoms with Crippen LogP contribution in [-0.4, -0.2) is 36.4 Å². The Morgan fingerprint density at radius 2 is 1.84 bits per heavy atom. The highest BCUT2D eigenvalue weighted by Crippen LogP contribution is 2.58. The van der Waals surface area contributed by atoms with Gasteiger partial charge < -0.3 is 9.47 Å². The van der Waals surface area contributed by atoms with E-state index in [4.69, 9.17) is 9.47 Å². The fourth-order valence-electron chi connectivity index (χ4n) is 2.40. The molecular weight excluding hydrogens is 246 g/mol. The van der Waals surface area contributed by atoms with Gasteiger partial charge in [-0.05, 0) is 45.8 Å². The smallest absolute Gasteiger partial charge is 0.339 e. The summed E-state index contributed by atoms with van der Waals surface area (Å²) >= 11 is 0. The highest BCUT2D eigenvalue weighted by molar-refractivity contribution is 5.99. The second-order valence-electron chi connectivity index (χ2n) is 5.98. The van der Waals surface area contributed by atoms with Crippen molar-refractivity contribution >= 4 is 18.2 Å². The lowest BCUT2D eigenvalue weighted by atomic mass is 9.81. The molecular formula is C14H19NO4. The lowest BCUT2D eigenvalue weighted by molar-refractivity contribution is -0.168. The van der Waals surface area contributed by atoms with Crippen LogP contribution in [0, 0.1) is 5.41 Å². The number of methoxy groups -OCH3 is 1. The van der Waals surface area contributed by atoms with Crippen LogP contribution in [0.15, 0.2) is 17.1 Å². The average Bonchev–Trinajstić information content (AvgIpc) is 2.97. The molecule has 0 radical (unpaired) electrons. The summed E-state index contributed by atoms with van der Waals surface area (Å²) in [6.07, 6.45) is 6.02. The van der Waals surface area contributed by atoms with Crippen molar-refractivity contribution in [1.82, 2.24) is 0 Å². The van der Waals surface area contributed by atoms with E-state index in [0.29, 0.717) is 12.8 Å². The predicted octanol–water partition coefficient (Wildman–Crippen LogP) is 1.66. The molecule has 2 rings (SSSR count). The number of rotatable bonds is 3.